The Hall–Kier alpha value is -1.30. The lowest BCUT2D eigenvalue weighted by Gasteiger charge is -2.09. The lowest BCUT2D eigenvalue weighted by atomic mass is 10.3. The quantitative estimate of drug-likeness (QED) is 0.762. The Bertz CT molecular complexity index is 347. The molecule has 0 bridgehead atoms. The Morgan fingerprint density at radius 2 is 2.13 bits per heavy atom. The summed E-state index contributed by atoms with van der Waals surface area (Å²) in [5, 5.41) is 2.69. The van der Waals surface area contributed by atoms with Crippen molar-refractivity contribution in [3.8, 4) is 0 Å². The van der Waals surface area contributed by atoms with Gasteiger partial charge in [-0.2, -0.15) is 8.78 Å². The fraction of sp³-hybridized carbons (Fsp3) is 0.222. The second kappa shape index (κ2) is 5.55. The zero-order valence-electron chi connectivity index (χ0n) is 7.74. The number of halogens is 2. The van der Waals surface area contributed by atoms with Crippen LogP contribution in [0.4, 0.5) is 14.5 Å². The van der Waals surface area contributed by atoms with Crippen molar-refractivity contribution in [2.24, 2.45) is 5.73 Å². The van der Waals surface area contributed by atoms with Crippen molar-refractivity contribution in [3.63, 3.8) is 0 Å². The molecule has 0 aliphatic heterocycles. The summed E-state index contributed by atoms with van der Waals surface area (Å²) in [5.41, 5.74) is 5.42. The van der Waals surface area contributed by atoms with Crippen LogP contribution in [0.3, 0.4) is 0 Å². The van der Waals surface area contributed by atoms with Gasteiger partial charge in [0.25, 0.3) is 5.76 Å². The predicted molar refractivity (Wildman–Crippen MR) is 56.0 cm³/mol. The number of carbonyl (C=O) groups excluding carboxylic acids is 1. The van der Waals surface area contributed by atoms with E-state index in [1.165, 1.54) is 0 Å². The largest absolute Gasteiger partial charge is 0.375 e. The summed E-state index contributed by atoms with van der Waals surface area (Å²) >= 11 is 0.429. The van der Waals surface area contributed by atoms with E-state index in [-0.39, 0.29) is 6.54 Å². The summed E-state index contributed by atoms with van der Waals surface area (Å²) in [5.74, 6) is -3.02. The summed E-state index contributed by atoms with van der Waals surface area (Å²) < 4.78 is 24.3. The number of carbonyl (C=O) groups is 1. The highest BCUT2D eigenvalue weighted by Crippen LogP contribution is 2.31. The lowest BCUT2D eigenvalue weighted by molar-refractivity contribution is -0.116. The van der Waals surface area contributed by atoms with E-state index in [9.17, 15) is 13.6 Å². The van der Waals surface area contributed by atoms with Gasteiger partial charge in [0.05, 0.1) is 6.54 Å². The average Bonchev–Trinajstić information content (AvgIpc) is 2.15. The number of primary amides is 1. The van der Waals surface area contributed by atoms with Gasteiger partial charge in [-0.3, -0.25) is 4.79 Å². The van der Waals surface area contributed by atoms with Crippen LogP contribution >= 0.6 is 11.8 Å². The van der Waals surface area contributed by atoms with Crippen LogP contribution in [-0.2, 0) is 4.79 Å². The van der Waals surface area contributed by atoms with Gasteiger partial charge in [0.15, 0.2) is 0 Å². The minimum absolute atomic E-state index is 0.0686. The first-order chi connectivity index (χ1) is 7.09. The predicted octanol–water partition coefficient (Wildman–Crippen LogP) is 1.90. The van der Waals surface area contributed by atoms with Crippen molar-refractivity contribution in [2.45, 2.75) is 10.7 Å². The standard InChI is InChI=1S/C9H10F2N2OS/c10-9(11)15-7-4-2-1-3-6(7)13-5-8(12)14/h1-4,9,13H,5H2,(H2,12,14). The van der Waals surface area contributed by atoms with Gasteiger partial charge in [-0.05, 0) is 12.1 Å². The summed E-state index contributed by atoms with van der Waals surface area (Å²) in [6, 6.07) is 6.52. The van der Waals surface area contributed by atoms with Gasteiger partial charge in [-0.15, -0.1) is 0 Å². The fourth-order valence-electron chi connectivity index (χ4n) is 0.994. The number of anilines is 1. The van der Waals surface area contributed by atoms with E-state index >= 15 is 0 Å². The van der Waals surface area contributed by atoms with E-state index in [0.29, 0.717) is 22.3 Å². The van der Waals surface area contributed by atoms with Gasteiger partial charge in [0.2, 0.25) is 5.91 Å². The van der Waals surface area contributed by atoms with Crippen molar-refractivity contribution in [2.75, 3.05) is 11.9 Å². The lowest BCUT2D eigenvalue weighted by Crippen LogP contribution is -2.22. The number of hydrogen-bond acceptors (Lipinski definition) is 3. The van der Waals surface area contributed by atoms with Crippen LogP contribution in [0.2, 0.25) is 0 Å². The van der Waals surface area contributed by atoms with Gasteiger partial charge in [-0.25, -0.2) is 0 Å². The molecule has 0 radical (unpaired) electrons. The number of nitrogens with one attached hydrogen (secondary N) is 1. The molecule has 0 unspecified atom stereocenters. The van der Waals surface area contributed by atoms with E-state index in [1.807, 2.05) is 0 Å². The highest BCUT2D eigenvalue weighted by Gasteiger charge is 2.09. The van der Waals surface area contributed by atoms with E-state index in [2.05, 4.69) is 5.32 Å². The molecule has 1 rings (SSSR count). The molecule has 0 aliphatic rings. The van der Waals surface area contributed by atoms with Crippen LogP contribution < -0.4 is 11.1 Å². The van der Waals surface area contributed by atoms with Crippen molar-refractivity contribution in [1.29, 1.82) is 0 Å². The Morgan fingerprint density at radius 3 is 2.73 bits per heavy atom. The second-order valence-corrected chi connectivity index (χ2v) is 3.73. The molecule has 3 nitrogen and oxygen atoms in total. The van der Waals surface area contributed by atoms with E-state index in [1.54, 1.807) is 24.3 Å². The molecule has 0 fully saturated rings. The van der Waals surface area contributed by atoms with Gasteiger partial charge in [-0.1, -0.05) is 23.9 Å². The molecule has 15 heavy (non-hydrogen) atoms. The van der Waals surface area contributed by atoms with Gasteiger partial charge >= 0.3 is 0 Å². The van der Waals surface area contributed by atoms with Crippen molar-refractivity contribution >= 4 is 23.4 Å². The Kier molecular flexibility index (Phi) is 4.36. The zero-order chi connectivity index (χ0) is 11.3. The maximum absolute atomic E-state index is 12.1. The number of thioether (sulfide) groups is 1. The molecule has 6 heteroatoms. The molecule has 1 amide bonds. The summed E-state index contributed by atoms with van der Waals surface area (Å²) in [4.78, 5) is 10.9. The van der Waals surface area contributed by atoms with Crippen LogP contribution in [0.5, 0.6) is 0 Å². The van der Waals surface area contributed by atoms with Crippen LogP contribution in [0, 0.1) is 0 Å². The molecule has 82 valence electrons. The SMILES string of the molecule is NC(=O)CNc1ccccc1SC(F)F. The van der Waals surface area contributed by atoms with Gasteiger partial charge in [0.1, 0.15) is 0 Å². The summed E-state index contributed by atoms with van der Waals surface area (Å²) in [7, 11) is 0. The van der Waals surface area contributed by atoms with Crippen molar-refractivity contribution in [1.82, 2.24) is 0 Å². The molecule has 0 saturated carbocycles. The molecule has 1 aromatic rings. The van der Waals surface area contributed by atoms with Crippen LogP contribution in [0.1, 0.15) is 0 Å². The zero-order valence-corrected chi connectivity index (χ0v) is 8.56. The average molecular weight is 232 g/mol. The molecule has 3 N–H and O–H groups in total. The number of hydrogen-bond donors (Lipinski definition) is 2. The van der Waals surface area contributed by atoms with E-state index < -0.39 is 11.7 Å². The second-order valence-electron chi connectivity index (χ2n) is 2.69. The van der Waals surface area contributed by atoms with Crippen molar-refractivity contribution < 1.29 is 13.6 Å². The first-order valence-corrected chi connectivity index (χ1v) is 5.03. The third-order valence-corrected chi connectivity index (χ3v) is 2.34. The smallest absolute Gasteiger partial charge is 0.288 e. The Balaban J connectivity index is 2.72. The molecular weight excluding hydrogens is 222 g/mol. The molecule has 0 saturated heterocycles. The Morgan fingerprint density at radius 1 is 1.47 bits per heavy atom. The van der Waals surface area contributed by atoms with Crippen LogP contribution in [0.25, 0.3) is 0 Å². The van der Waals surface area contributed by atoms with Crippen LogP contribution in [-0.4, -0.2) is 18.2 Å². The number of nitrogens with two attached hydrogens (primary N) is 1. The van der Waals surface area contributed by atoms with E-state index in [4.69, 9.17) is 5.73 Å². The molecule has 0 aliphatic carbocycles. The molecule has 0 atom stereocenters. The first-order valence-electron chi connectivity index (χ1n) is 4.15. The minimum atomic E-state index is -2.48. The highest BCUT2D eigenvalue weighted by atomic mass is 32.2. The minimum Gasteiger partial charge on any atom is -0.375 e. The first kappa shape index (κ1) is 11.8. The third-order valence-electron chi connectivity index (χ3n) is 1.56. The number of alkyl halides is 2. The molecular formula is C9H10F2N2OS. The number of amides is 1. The fourth-order valence-corrected chi connectivity index (χ4v) is 1.61. The van der Waals surface area contributed by atoms with Gasteiger partial charge < -0.3 is 11.1 Å². The highest BCUT2D eigenvalue weighted by molar-refractivity contribution is 7.99. The third kappa shape index (κ3) is 4.16. The molecule has 0 spiro atoms. The van der Waals surface area contributed by atoms with Crippen LogP contribution in [0.15, 0.2) is 29.2 Å². The van der Waals surface area contributed by atoms with Gasteiger partial charge in [0, 0.05) is 10.6 Å². The Labute approximate surface area is 90.0 Å². The molecule has 0 heterocycles. The normalized spacial score (nSPS) is 10.3. The number of para-hydroxylation sites is 1. The monoisotopic (exact) mass is 232 g/mol. The van der Waals surface area contributed by atoms with E-state index in [0.717, 1.165) is 0 Å². The number of rotatable bonds is 5. The van der Waals surface area contributed by atoms with Crippen molar-refractivity contribution in [3.05, 3.63) is 24.3 Å². The number of benzene rings is 1. The topological polar surface area (TPSA) is 55.1 Å². The maximum Gasteiger partial charge on any atom is 0.288 e. The summed E-state index contributed by atoms with van der Waals surface area (Å²) in [6.45, 7) is -0.0686. The molecule has 0 aromatic heterocycles. The maximum atomic E-state index is 12.1. The summed E-state index contributed by atoms with van der Waals surface area (Å²) in [6.07, 6.45) is 0. The molecule has 1 aromatic carbocycles.